The van der Waals surface area contributed by atoms with Crippen molar-refractivity contribution in [3.63, 3.8) is 0 Å². The third kappa shape index (κ3) is 2.27. The summed E-state index contributed by atoms with van der Waals surface area (Å²) in [5, 5.41) is 0.846. The molecule has 0 radical (unpaired) electrons. The second kappa shape index (κ2) is 5.09. The van der Waals surface area contributed by atoms with Crippen molar-refractivity contribution >= 4 is 11.3 Å². The molecule has 1 aromatic carbocycles. The lowest BCUT2D eigenvalue weighted by Gasteiger charge is -2.16. The van der Waals surface area contributed by atoms with E-state index >= 15 is 0 Å². The lowest BCUT2D eigenvalue weighted by Crippen LogP contribution is -2.29. The first-order chi connectivity index (χ1) is 8.54. The topological polar surface area (TPSA) is 50.9 Å². The highest BCUT2D eigenvalue weighted by molar-refractivity contribution is 7.11. The number of thiazole rings is 1. The zero-order valence-corrected chi connectivity index (χ0v) is 10.8. The zero-order chi connectivity index (χ0) is 13.3. The summed E-state index contributed by atoms with van der Waals surface area (Å²) in [7, 11) is 0. The predicted molar refractivity (Wildman–Crippen MR) is 67.1 cm³/mol. The molecule has 0 amide bonds. The molecule has 0 saturated carbocycles. The first-order valence-electron chi connectivity index (χ1n) is 5.37. The van der Waals surface area contributed by atoms with E-state index in [1.165, 1.54) is 30.4 Å². The maximum Gasteiger partial charge on any atom is 0.164 e. The number of hydrogen-bond donors (Lipinski definition) is 2. The van der Waals surface area contributed by atoms with Gasteiger partial charge >= 0.3 is 0 Å². The highest BCUT2D eigenvalue weighted by Gasteiger charge is 2.21. The van der Waals surface area contributed by atoms with Gasteiger partial charge in [0.1, 0.15) is 0 Å². The molecular formula is C12H13F2N3S. The molecule has 3 nitrogen and oxygen atoms in total. The molecule has 3 N–H and O–H groups in total. The summed E-state index contributed by atoms with van der Waals surface area (Å²) in [6.45, 7) is 3.36. The highest BCUT2D eigenvalue weighted by Crippen LogP contribution is 2.29. The van der Waals surface area contributed by atoms with Crippen LogP contribution in [0.4, 0.5) is 8.78 Å². The summed E-state index contributed by atoms with van der Waals surface area (Å²) in [5.74, 6) is 3.73. The molecule has 2 aromatic rings. The second-order valence-electron chi connectivity index (χ2n) is 3.98. The van der Waals surface area contributed by atoms with Crippen LogP contribution < -0.4 is 11.3 Å². The van der Waals surface area contributed by atoms with Crippen LogP contribution in [0, 0.1) is 25.5 Å². The van der Waals surface area contributed by atoms with Crippen molar-refractivity contribution in [3.05, 3.63) is 51.0 Å². The summed E-state index contributed by atoms with van der Waals surface area (Å²) < 4.78 is 27.5. The van der Waals surface area contributed by atoms with Gasteiger partial charge in [0.05, 0.1) is 11.0 Å². The minimum atomic E-state index is -0.871. The Bertz CT molecular complexity index is 568. The fourth-order valence-corrected chi connectivity index (χ4v) is 2.59. The Kier molecular flexibility index (Phi) is 3.70. The third-order valence-electron chi connectivity index (χ3n) is 2.71. The van der Waals surface area contributed by atoms with E-state index in [4.69, 9.17) is 5.84 Å². The van der Waals surface area contributed by atoms with Crippen LogP contribution in [-0.2, 0) is 0 Å². The molecular weight excluding hydrogens is 256 g/mol. The summed E-state index contributed by atoms with van der Waals surface area (Å²) >= 11 is 1.39. The van der Waals surface area contributed by atoms with Crippen molar-refractivity contribution in [2.24, 2.45) is 5.84 Å². The van der Waals surface area contributed by atoms with Crippen LogP contribution in [0.5, 0.6) is 0 Å². The average molecular weight is 269 g/mol. The van der Waals surface area contributed by atoms with Gasteiger partial charge in [0.15, 0.2) is 11.6 Å². The number of aryl methyl sites for hydroxylation is 2. The molecule has 2 rings (SSSR count). The first kappa shape index (κ1) is 13.1. The van der Waals surface area contributed by atoms with Crippen molar-refractivity contribution in [3.8, 4) is 0 Å². The van der Waals surface area contributed by atoms with E-state index < -0.39 is 17.7 Å². The number of nitrogens with one attached hydrogen (secondary N) is 1. The molecule has 1 heterocycles. The molecule has 1 aromatic heterocycles. The summed E-state index contributed by atoms with van der Waals surface area (Å²) in [6, 6.07) is 2.48. The normalized spacial score (nSPS) is 12.7. The van der Waals surface area contributed by atoms with Crippen LogP contribution in [0.15, 0.2) is 18.3 Å². The maximum atomic E-state index is 13.9. The fourth-order valence-electron chi connectivity index (χ4n) is 1.72. The molecule has 0 aliphatic heterocycles. The molecule has 0 bridgehead atoms. The first-order valence-corrected chi connectivity index (χ1v) is 6.19. The van der Waals surface area contributed by atoms with Gasteiger partial charge in [-0.15, -0.1) is 11.3 Å². The van der Waals surface area contributed by atoms with Crippen molar-refractivity contribution in [2.75, 3.05) is 0 Å². The fraction of sp³-hybridized carbons (Fsp3) is 0.250. The van der Waals surface area contributed by atoms with Crippen LogP contribution >= 0.6 is 11.3 Å². The quantitative estimate of drug-likeness (QED) is 0.665. The van der Waals surface area contributed by atoms with Gasteiger partial charge < -0.3 is 0 Å². The van der Waals surface area contributed by atoms with Crippen molar-refractivity contribution in [2.45, 2.75) is 19.9 Å². The van der Waals surface area contributed by atoms with Crippen LogP contribution in [0.3, 0.4) is 0 Å². The number of benzene rings is 1. The van der Waals surface area contributed by atoms with E-state index in [0.717, 1.165) is 9.88 Å². The Morgan fingerprint density at radius 1 is 1.28 bits per heavy atom. The summed E-state index contributed by atoms with van der Waals surface area (Å²) in [5.41, 5.74) is 2.95. The summed E-state index contributed by atoms with van der Waals surface area (Å²) in [4.78, 5) is 4.83. The molecule has 6 heteroatoms. The number of hydrogen-bond acceptors (Lipinski definition) is 4. The lowest BCUT2D eigenvalue weighted by atomic mass is 10.0. The smallest absolute Gasteiger partial charge is 0.164 e. The summed E-state index contributed by atoms with van der Waals surface area (Å²) in [6.07, 6.45) is 1.61. The van der Waals surface area contributed by atoms with E-state index in [-0.39, 0.29) is 11.1 Å². The lowest BCUT2D eigenvalue weighted by molar-refractivity contribution is 0.479. The Labute approximate surface area is 108 Å². The van der Waals surface area contributed by atoms with Crippen LogP contribution in [0.2, 0.25) is 0 Å². The molecule has 1 atom stereocenters. The molecule has 0 aliphatic carbocycles. The van der Waals surface area contributed by atoms with Crippen LogP contribution in [0.25, 0.3) is 0 Å². The largest absolute Gasteiger partial charge is 0.271 e. The Morgan fingerprint density at radius 3 is 2.56 bits per heavy atom. The molecule has 0 spiro atoms. The Balaban J connectivity index is 2.49. The van der Waals surface area contributed by atoms with Gasteiger partial charge in [-0.25, -0.2) is 19.2 Å². The molecule has 1 unspecified atom stereocenters. The van der Waals surface area contributed by atoms with Crippen molar-refractivity contribution < 1.29 is 8.78 Å². The zero-order valence-electron chi connectivity index (χ0n) is 10.00. The van der Waals surface area contributed by atoms with E-state index in [9.17, 15) is 8.78 Å². The number of nitrogens with zero attached hydrogens (tertiary/aromatic N) is 1. The van der Waals surface area contributed by atoms with E-state index in [1.54, 1.807) is 6.20 Å². The predicted octanol–water partition coefficient (Wildman–Crippen LogP) is 2.59. The molecule has 18 heavy (non-hydrogen) atoms. The van der Waals surface area contributed by atoms with Crippen molar-refractivity contribution in [1.29, 1.82) is 0 Å². The molecule has 0 fully saturated rings. The van der Waals surface area contributed by atoms with Crippen LogP contribution in [0.1, 0.15) is 27.1 Å². The molecule has 96 valence electrons. The van der Waals surface area contributed by atoms with Gasteiger partial charge in [0.25, 0.3) is 0 Å². The monoisotopic (exact) mass is 269 g/mol. The van der Waals surface area contributed by atoms with E-state index in [0.29, 0.717) is 0 Å². The third-order valence-corrected chi connectivity index (χ3v) is 3.68. The highest BCUT2D eigenvalue weighted by atomic mass is 32.1. The van der Waals surface area contributed by atoms with Gasteiger partial charge in [0, 0.05) is 16.6 Å². The average Bonchev–Trinajstić information content (AvgIpc) is 2.77. The molecule has 0 aliphatic rings. The van der Waals surface area contributed by atoms with Gasteiger partial charge in [0.2, 0.25) is 0 Å². The minimum Gasteiger partial charge on any atom is -0.271 e. The van der Waals surface area contributed by atoms with E-state index in [2.05, 4.69) is 10.4 Å². The number of hydrazine groups is 1. The number of nitrogens with two attached hydrogens (primary N) is 1. The minimum absolute atomic E-state index is 0.184. The Morgan fingerprint density at radius 2 is 2.00 bits per heavy atom. The van der Waals surface area contributed by atoms with Gasteiger partial charge in [-0.05, 0) is 19.4 Å². The van der Waals surface area contributed by atoms with Crippen molar-refractivity contribution in [1.82, 2.24) is 10.4 Å². The van der Waals surface area contributed by atoms with Crippen LogP contribution in [-0.4, -0.2) is 4.98 Å². The number of halogens is 2. The van der Waals surface area contributed by atoms with Gasteiger partial charge in [-0.1, -0.05) is 12.1 Å². The van der Waals surface area contributed by atoms with Gasteiger partial charge in [-0.3, -0.25) is 5.84 Å². The molecule has 0 saturated heterocycles. The standard InChI is InChI=1S/C12H13F2N3S/c1-6-3-4-8(11(14)10(6)13)12(17-15)9-5-16-7(2)18-9/h3-5,12,17H,15H2,1-2H3. The maximum absolute atomic E-state index is 13.9. The number of rotatable bonds is 3. The van der Waals surface area contributed by atoms with E-state index in [1.807, 2.05) is 6.92 Å². The number of aromatic nitrogens is 1. The van der Waals surface area contributed by atoms with Gasteiger partial charge in [-0.2, -0.15) is 0 Å². The Hall–Kier alpha value is -1.37. The SMILES string of the molecule is Cc1ncc(C(NN)c2ccc(C)c(F)c2F)s1. The second-order valence-corrected chi connectivity index (χ2v) is 5.25.